The number of ether oxygens (including phenoxy) is 2. The van der Waals surface area contributed by atoms with Gasteiger partial charge in [0.2, 0.25) is 17.7 Å². The van der Waals surface area contributed by atoms with Crippen molar-refractivity contribution >= 4 is 16.8 Å². The molecule has 1 unspecified atom stereocenters. The Morgan fingerprint density at radius 3 is 2.78 bits per heavy atom. The van der Waals surface area contributed by atoms with Crippen molar-refractivity contribution in [3.05, 3.63) is 48.7 Å². The molecule has 27 heavy (non-hydrogen) atoms. The van der Waals surface area contributed by atoms with Gasteiger partial charge < -0.3 is 18.9 Å². The number of methoxy groups -OCH3 is 1. The van der Waals surface area contributed by atoms with E-state index < -0.39 is 0 Å². The van der Waals surface area contributed by atoms with Gasteiger partial charge in [-0.1, -0.05) is 18.2 Å². The van der Waals surface area contributed by atoms with Crippen molar-refractivity contribution in [3.8, 4) is 11.8 Å². The van der Waals surface area contributed by atoms with Crippen molar-refractivity contribution in [1.29, 1.82) is 0 Å². The van der Waals surface area contributed by atoms with Crippen LogP contribution in [-0.4, -0.2) is 51.9 Å². The number of rotatable bonds is 5. The standard InChI is InChI=1S/C20H22N4O3/c1-26-18-8-9-19(22-21-18)27-16-6-4-11-24(13-16)20(25)14-23-12-10-15-5-2-3-7-17(15)23/h2-3,5,7-10,12,16H,4,6,11,13-14H2,1H3. The van der Waals surface area contributed by atoms with Crippen molar-refractivity contribution in [1.82, 2.24) is 19.7 Å². The van der Waals surface area contributed by atoms with Crippen molar-refractivity contribution < 1.29 is 14.3 Å². The summed E-state index contributed by atoms with van der Waals surface area (Å²) in [5.41, 5.74) is 1.07. The highest BCUT2D eigenvalue weighted by Gasteiger charge is 2.25. The quantitative estimate of drug-likeness (QED) is 0.694. The van der Waals surface area contributed by atoms with Crippen LogP contribution < -0.4 is 9.47 Å². The molecule has 1 amide bonds. The van der Waals surface area contributed by atoms with Gasteiger partial charge in [-0.2, -0.15) is 0 Å². The van der Waals surface area contributed by atoms with Crippen molar-refractivity contribution in [2.45, 2.75) is 25.5 Å². The van der Waals surface area contributed by atoms with E-state index in [4.69, 9.17) is 9.47 Å². The molecule has 140 valence electrons. The summed E-state index contributed by atoms with van der Waals surface area (Å²) >= 11 is 0. The molecule has 0 aliphatic carbocycles. The van der Waals surface area contributed by atoms with Crippen LogP contribution in [0.3, 0.4) is 0 Å². The highest BCUT2D eigenvalue weighted by atomic mass is 16.5. The Morgan fingerprint density at radius 2 is 1.96 bits per heavy atom. The monoisotopic (exact) mass is 366 g/mol. The van der Waals surface area contributed by atoms with E-state index in [1.54, 1.807) is 19.2 Å². The van der Waals surface area contributed by atoms with E-state index in [2.05, 4.69) is 16.3 Å². The number of hydrogen-bond acceptors (Lipinski definition) is 5. The third-order valence-corrected chi connectivity index (χ3v) is 4.83. The summed E-state index contributed by atoms with van der Waals surface area (Å²) in [6.07, 6.45) is 3.69. The molecule has 1 fully saturated rings. The second kappa shape index (κ2) is 7.65. The maximum Gasteiger partial charge on any atom is 0.242 e. The van der Waals surface area contributed by atoms with Crippen LogP contribution in [-0.2, 0) is 11.3 Å². The summed E-state index contributed by atoms with van der Waals surface area (Å²) in [5.74, 6) is 0.999. The smallest absolute Gasteiger partial charge is 0.242 e. The maximum absolute atomic E-state index is 12.8. The first-order valence-corrected chi connectivity index (χ1v) is 9.09. The van der Waals surface area contributed by atoms with Gasteiger partial charge in [-0.15, -0.1) is 10.2 Å². The fraction of sp³-hybridized carbons (Fsp3) is 0.350. The Kier molecular flexibility index (Phi) is 4.91. The third kappa shape index (κ3) is 3.86. The molecule has 0 radical (unpaired) electrons. The minimum absolute atomic E-state index is 0.0770. The fourth-order valence-corrected chi connectivity index (χ4v) is 3.44. The molecule has 1 saturated heterocycles. The Balaban J connectivity index is 1.39. The Morgan fingerprint density at radius 1 is 1.15 bits per heavy atom. The van der Waals surface area contributed by atoms with Crippen LogP contribution in [0.1, 0.15) is 12.8 Å². The van der Waals surface area contributed by atoms with Crippen LogP contribution in [0.15, 0.2) is 48.7 Å². The van der Waals surface area contributed by atoms with E-state index in [0.717, 1.165) is 30.3 Å². The number of carbonyl (C=O) groups excluding carboxylic acids is 1. The number of carbonyl (C=O) groups is 1. The summed E-state index contributed by atoms with van der Waals surface area (Å²) in [4.78, 5) is 14.7. The molecule has 2 aromatic heterocycles. The zero-order chi connectivity index (χ0) is 18.6. The van der Waals surface area contributed by atoms with E-state index in [1.807, 2.05) is 39.9 Å². The summed E-state index contributed by atoms with van der Waals surface area (Å²) in [6.45, 7) is 1.65. The number of piperidine rings is 1. The highest BCUT2D eigenvalue weighted by Crippen LogP contribution is 2.19. The molecule has 1 aromatic carbocycles. The number of nitrogens with zero attached hydrogens (tertiary/aromatic N) is 4. The van der Waals surface area contributed by atoms with Crippen LogP contribution in [0, 0.1) is 0 Å². The lowest BCUT2D eigenvalue weighted by atomic mass is 10.1. The number of aromatic nitrogens is 3. The molecule has 0 saturated carbocycles. The molecule has 3 aromatic rings. The average Bonchev–Trinajstić information content (AvgIpc) is 3.12. The van der Waals surface area contributed by atoms with Gasteiger partial charge in [0, 0.05) is 30.4 Å². The molecule has 0 bridgehead atoms. The summed E-state index contributed by atoms with van der Waals surface area (Å²) < 4.78 is 12.9. The van der Waals surface area contributed by atoms with Gasteiger partial charge in [0.25, 0.3) is 0 Å². The van der Waals surface area contributed by atoms with Gasteiger partial charge in [0.1, 0.15) is 12.6 Å². The SMILES string of the molecule is COc1ccc(OC2CCCN(C(=O)Cn3ccc4ccccc43)C2)nn1. The first kappa shape index (κ1) is 17.3. The van der Waals surface area contributed by atoms with Crippen molar-refractivity contribution in [2.24, 2.45) is 0 Å². The lowest BCUT2D eigenvalue weighted by Crippen LogP contribution is -2.45. The molecule has 0 N–H and O–H groups in total. The Labute approximate surface area is 157 Å². The van der Waals surface area contributed by atoms with E-state index in [0.29, 0.717) is 24.8 Å². The van der Waals surface area contributed by atoms with Gasteiger partial charge in [0.05, 0.1) is 13.7 Å². The predicted molar refractivity (Wildman–Crippen MR) is 101 cm³/mol. The van der Waals surface area contributed by atoms with Gasteiger partial charge in [-0.3, -0.25) is 4.79 Å². The average molecular weight is 366 g/mol. The topological polar surface area (TPSA) is 69.5 Å². The minimum atomic E-state index is -0.0770. The van der Waals surface area contributed by atoms with E-state index in [-0.39, 0.29) is 12.0 Å². The van der Waals surface area contributed by atoms with Gasteiger partial charge in [-0.05, 0) is 30.4 Å². The fourth-order valence-electron chi connectivity index (χ4n) is 3.44. The lowest BCUT2D eigenvalue weighted by Gasteiger charge is -2.32. The number of benzene rings is 1. The highest BCUT2D eigenvalue weighted by molar-refractivity contribution is 5.83. The van der Waals surface area contributed by atoms with Crippen molar-refractivity contribution in [2.75, 3.05) is 20.2 Å². The third-order valence-electron chi connectivity index (χ3n) is 4.83. The zero-order valence-electron chi connectivity index (χ0n) is 15.2. The Hall–Kier alpha value is -3.09. The molecule has 3 heterocycles. The molecule has 7 heteroatoms. The van der Waals surface area contributed by atoms with Crippen LogP contribution in [0.25, 0.3) is 10.9 Å². The number of fused-ring (bicyclic) bond motifs is 1. The van der Waals surface area contributed by atoms with Crippen LogP contribution in [0.4, 0.5) is 0 Å². The molecular formula is C20H22N4O3. The second-order valence-electron chi connectivity index (χ2n) is 6.64. The Bertz CT molecular complexity index is 922. The first-order valence-electron chi connectivity index (χ1n) is 9.09. The molecule has 7 nitrogen and oxygen atoms in total. The first-order chi connectivity index (χ1) is 13.2. The summed E-state index contributed by atoms with van der Waals surface area (Å²) in [5, 5.41) is 9.06. The minimum Gasteiger partial charge on any atom is -0.480 e. The molecule has 1 aliphatic heterocycles. The maximum atomic E-state index is 12.8. The van der Waals surface area contributed by atoms with E-state index in [9.17, 15) is 4.79 Å². The summed E-state index contributed by atoms with van der Waals surface area (Å²) in [7, 11) is 1.54. The molecule has 0 spiro atoms. The molecule has 1 atom stereocenters. The molecule has 4 rings (SSSR count). The second-order valence-corrected chi connectivity index (χ2v) is 6.64. The molecule has 1 aliphatic rings. The van der Waals surface area contributed by atoms with Crippen LogP contribution >= 0.6 is 0 Å². The van der Waals surface area contributed by atoms with Crippen LogP contribution in [0.2, 0.25) is 0 Å². The van der Waals surface area contributed by atoms with Crippen LogP contribution in [0.5, 0.6) is 11.8 Å². The summed E-state index contributed by atoms with van der Waals surface area (Å²) in [6, 6.07) is 13.6. The van der Waals surface area contributed by atoms with E-state index >= 15 is 0 Å². The van der Waals surface area contributed by atoms with Gasteiger partial charge in [-0.25, -0.2) is 0 Å². The number of hydrogen-bond donors (Lipinski definition) is 0. The normalized spacial score (nSPS) is 17.1. The van der Waals surface area contributed by atoms with Gasteiger partial charge in [0.15, 0.2) is 0 Å². The van der Waals surface area contributed by atoms with E-state index in [1.165, 1.54) is 0 Å². The lowest BCUT2D eigenvalue weighted by molar-refractivity contribution is -0.134. The predicted octanol–water partition coefficient (Wildman–Crippen LogP) is 2.51. The number of para-hydroxylation sites is 1. The molecular weight excluding hydrogens is 344 g/mol. The van der Waals surface area contributed by atoms with Crippen molar-refractivity contribution in [3.63, 3.8) is 0 Å². The number of amides is 1. The largest absolute Gasteiger partial charge is 0.480 e. The van der Waals surface area contributed by atoms with Gasteiger partial charge >= 0.3 is 0 Å². The zero-order valence-corrected chi connectivity index (χ0v) is 15.2. The number of likely N-dealkylation sites (tertiary alicyclic amines) is 1.